The molecule has 1 aromatic heterocycles. The Hall–Kier alpha value is -4.30. The molecule has 0 aliphatic carbocycles. The molecule has 8 heteroatoms. The second kappa shape index (κ2) is 13.1. The van der Waals surface area contributed by atoms with Gasteiger partial charge in [0.2, 0.25) is 5.91 Å². The highest BCUT2D eigenvalue weighted by molar-refractivity contribution is 5.85. The quantitative estimate of drug-likeness (QED) is 0.277. The standard InChI is InChI=1S/C34H39N3O5/c1-23-7-5-8-25-17-27(34(35-33(23)25)36-16-6-9-28(38)22-36)21-37(20-24-10-12-29(40-2)13-11-24)32(39)19-26-18-30(41-3)14-15-31(26)42-4/h5,7-8,10-15,17-18,28,38H,6,9,16,19-22H2,1-4H3. The molecular formula is C34H39N3O5. The van der Waals surface area contributed by atoms with Crippen molar-refractivity contribution in [1.29, 1.82) is 0 Å². The van der Waals surface area contributed by atoms with Crippen LogP contribution >= 0.6 is 0 Å². The zero-order valence-corrected chi connectivity index (χ0v) is 24.8. The van der Waals surface area contributed by atoms with Gasteiger partial charge in [0.15, 0.2) is 0 Å². The van der Waals surface area contributed by atoms with Crippen LogP contribution < -0.4 is 19.1 Å². The van der Waals surface area contributed by atoms with Crippen molar-refractivity contribution in [2.45, 2.75) is 45.4 Å². The van der Waals surface area contributed by atoms with Gasteiger partial charge in [0.1, 0.15) is 23.1 Å². The van der Waals surface area contributed by atoms with Crippen molar-refractivity contribution >= 4 is 22.6 Å². The monoisotopic (exact) mass is 569 g/mol. The van der Waals surface area contributed by atoms with E-state index in [2.05, 4.69) is 30.0 Å². The van der Waals surface area contributed by atoms with Gasteiger partial charge in [-0.25, -0.2) is 4.98 Å². The maximum Gasteiger partial charge on any atom is 0.227 e. The van der Waals surface area contributed by atoms with E-state index in [1.807, 2.05) is 53.4 Å². The number of anilines is 1. The van der Waals surface area contributed by atoms with E-state index in [0.29, 0.717) is 31.1 Å². The summed E-state index contributed by atoms with van der Waals surface area (Å²) in [5.41, 5.74) is 4.72. The zero-order chi connectivity index (χ0) is 29.6. The number of aliphatic hydroxyl groups is 1. The second-order valence-corrected chi connectivity index (χ2v) is 10.8. The number of nitrogens with zero attached hydrogens (tertiary/aromatic N) is 3. The summed E-state index contributed by atoms with van der Waals surface area (Å²) in [6, 6.07) is 21.6. The van der Waals surface area contributed by atoms with Crippen LogP contribution in [0.25, 0.3) is 10.9 Å². The van der Waals surface area contributed by atoms with Gasteiger partial charge in [0.25, 0.3) is 0 Å². The van der Waals surface area contributed by atoms with Gasteiger partial charge in [-0.2, -0.15) is 0 Å². The first-order valence-electron chi connectivity index (χ1n) is 14.3. The second-order valence-electron chi connectivity index (χ2n) is 10.8. The van der Waals surface area contributed by atoms with Gasteiger partial charge >= 0.3 is 0 Å². The molecule has 220 valence electrons. The summed E-state index contributed by atoms with van der Waals surface area (Å²) in [4.78, 5) is 23.3. The number of piperidine rings is 1. The number of aromatic nitrogens is 1. The van der Waals surface area contributed by atoms with Gasteiger partial charge in [-0.3, -0.25) is 4.79 Å². The Bertz CT molecular complexity index is 1540. The molecule has 3 aromatic carbocycles. The Balaban J connectivity index is 1.54. The van der Waals surface area contributed by atoms with Gasteiger partial charge in [-0.05, 0) is 67.3 Å². The third-order valence-corrected chi connectivity index (χ3v) is 7.88. The Kier molecular flexibility index (Phi) is 9.12. The van der Waals surface area contributed by atoms with Crippen molar-refractivity contribution < 1.29 is 24.1 Å². The predicted octanol–water partition coefficient (Wildman–Crippen LogP) is 5.30. The lowest BCUT2D eigenvalue weighted by Gasteiger charge is -2.34. The Morgan fingerprint density at radius 1 is 0.952 bits per heavy atom. The van der Waals surface area contributed by atoms with Crippen LogP contribution in [-0.2, 0) is 24.3 Å². The van der Waals surface area contributed by atoms with Crippen molar-refractivity contribution in [3.8, 4) is 17.2 Å². The number of β-amino-alcohol motifs (C(OH)–C–C–N with tert-alkyl or cyclic N) is 1. The average molecular weight is 570 g/mol. The Labute approximate surface area is 247 Å². The van der Waals surface area contributed by atoms with E-state index in [4.69, 9.17) is 19.2 Å². The highest BCUT2D eigenvalue weighted by Crippen LogP contribution is 2.31. The topological polar surface area (TPSA) is 84.4 Å². The van der Waals surface area contributed by atoms with E-state index in [1.165, 1.54) is 0 Å². The molecule has 0 spiro atoms. The van der Waals surface area contributed by atoms with Gasteiger partial charge in [0, 0.05) is 42.7 Å². The number of fused-ring (bicyclic) bond motifs is 1. The minimum atomic E-state index is -0.404. The third kappa shape index (κ3) is 6.60. The number of amides is 1. The maximum atomic E-state index is 14.1. The third-order valence-electron chi connectivity index (χ3n) is 7.88. The molecule has 1 fully saturated rings. The molecule has 1 aliphatic rings. The number of ether oxygens (including phenoxy) is 3. The fraction of sp³-hybridized carbons (Fsp3) is 0.353. The molecule has 1 atom stereocenters. The number of carbonyl (C=O) groups excluding carboxylic acids is 1. The van der Waals surface area contributed by atoms with E-state index < -0.39 is 6.10 Å². The highest BCUT2D eigenvalue weighted by atomic mass is 16.5. The van der Waals surface area contributed by atoms with Crippen molar-refractivity contribution in [2.24, 2.45) is 0 Å². The molecule has 8 nitrogen and oxygen atoms in total. The first-order chi connectivity index (χ1) is 20.4. The number of methoxy groups -OCH3 is 3. The molecule has 4 aromatic rings. The molecule has 1 N–H and O–H groups in total. The van der Waals surface area contributed by atoms with E-state index in [0.717, 1.165) is 64.1 Å². The van der Waals surface area contributed by atoms with Crippen molar-refractivity contribution in [3.05, 3.63) is 89.0 Å². The van der Waals surface area contributed by atoms with E-state index >= 15 is 0 Å². The van der Waals surface area contributed by atoms with Crippen LogP contribution in [0.4, 0.5) is 5.82 Å². The smallest absolute Gasteiger partial charge is 0.227 e. The zero-order valence-electron chi connectivity index (χ0n) is 24.8. The van der Waals surface area contributed by atoms with Crippen LogP contribution in [0.5, 0.6) is 17.2 Å². The fourth-order valence-corrected chi connectivity index (χ4v) is 5.60. The number of pyridine rings is 1. The minimum Gasteiger partial charge on any atom is -0.497 e. The first-order valence-corrected chi connectivity index (χ1v) is 14.3. The summed E-state index contributed by atoms with van der Waals surface area (Å²) >= 11 is 0. The molecule has 42 heavy (non-hydrogen) atoms. The molecule has 1 amide bonds. The summed E-state index contributed by atoms with van der Waals surface area (Å²) in [6.45, 7) is 4.15. The SMILES string of the molecule is COc1ccc(CN(Cc2cc3cccc(C)c3nc2N2CCCC(O)C2)C(=O)Cc2cc(OC)ccc2OC)cc1. The maximum absolute atomic E-state index is 14.1. The molecule has 1 unspecified atom stereocenters. The number of hydrogen-bond acceptors (Lipinski definition) is 7. The summed E-state index contributed by atoms with van der Waals surface area (Å²) in [5.74, 6) is 2.84. The van der Waals surface area contributed by atoms with Crippen molar-refractivity contribution in [3.63, 3.8) is 0 Å². The van der Waals surface area contributed by atoms with Crippen LogP contribution in [0.3, 0.4) is 0 Å². The minimum absolute atomic E-state index is 0.0497. The normalized spacial score (nSPS) is 15.0. The first kappa shape index (κ1) is 29.2. The molecule has 0 bridgehead atoms. The average Bonchev–Trinajstić information content (AvgIpc) is 3.01. The van der Waals surface area contributed by atoms with E-state index in [1.54, 1.807) is 21.3 Å². The number of aliphatic hydroxyl groups excluding tert-OH is 1. The van der Waals surface area contributed by atoms with Gasteiger partial charge in [-0.15, -0.1) is 0 Å². The van der Waals surface area contributed by atoms with E-state index in [9.17, 15) is 9.90 Å². The number of para-hydroxylation sites is 1. The van der Waals surface area contributed by atoms with Crippen LogP contribution in [-0.4, -0.2) is 61.4 Å². The lowest BCUT2D eigenvalue weighted by Crippen LogP contribution is -2.40. The van der Waals surface area contributed by atoms with Gasteiger partial charge in [-0.1, -0.05) is 30.3 Å². The van der Waals surface area contributed by atoms with Crippen LogP contribution in [0.15, 0.2) is 66.7 Å². The summed E-state index contributed by atoms with van der Waals surface area (Å²) < 4.78 is 16.3. The summed E-state index contributed by atoms with van der Waals surface area (Å²) in [7, 11) is 4.85. The summed E-state index contributed by atoms with van der Waals surface area (Å²) in [6.07, 6.45) is 1.41. The number of benzene rings is 3. The number of carbonyl (C=O) groups is 1. The number of aryl methyl sites for hydroxylation is 1. The van der Waals surface area contributed by atoms with Gasteiger partial charge < -0.3 is 29.1 Å². The van der Waals surface area contributed by atoms with E-state index in [-0.39, 0.29) is 12.3 Å². The largest absolute Gasteiger partial charge is 0.497 e. The van der Waals surface area contributed by atoms with Crippen molar-refractivity contribution in [1.82, 2.24) is 9.88 Å². The van der Waals surface area contributed by atoms with Crippen LogP contribution in [0.2, 0.25) is 0 Å². The lowest BCUT2D eigenvalue weighted by atomic mass is 10.0. The molecule has 1 saturated heterocycles. The summed E-state index contributed by atoms with van der Waals surface area (Å²) in [5, 5.41) is 11.5. The number of rotatable bonds is 10. The lowest BCUT2D eigenvalue weighted by molar-refractivity contribution is -0.131. The molecule has 5 rings (SSSR count). The van der Waals surface area contributed by atoms with Gasteiger partial charge in [0.05, 0.1) is 39.4 Å². The van der Waals surface area contributed by atoms with Crippen LogP contribution in [0.1, 0.15) is 35.1 Å². The molecule has 0 radical (unpaired) electrons. The predicted molar refractivity (Wildman–Crippen MR) is 164 cm³/mol. The molecule has 0 saturated carbocycles. The van der Waals surface area contributed by atoms with Crippen LogP contribution in [0, 0.1) is 6.92 Å². The van der Waals surface area contributed by atoms with Crippen molar-refractivity contribution in [2.75, 3.05) is 39.3 Å². The Morgan fingerprint density at radius 2 is 1.71 bits per heavy atom. The Morgan fingerprint density at radius 3 is 2.43 bits per heavy atom. The fourth-order valence-electron chi connectivity index (χ4n) is 5.60. The number of hydrogen-bond donors (Lipinski definition) is 1. The molecule has 1 aliphatic heterocycles. The molecule has 2 heterocycles. The molecular weight excluding hydrogens is 530 g/mol. The highest BCUT2D eigenvalue weighted by Gasteiger charge is 2.25.